The molecule has 1 amide bonds. The van der Waals surface area contributed by atoms with Crippen LogP contribution in [0.25, 0.3) is 6.08 Å². The molecule has 168 valence electrons. The van der Waals surface area contributed by atoms with E-state index in [9.17, 15) is 9.59 Å². The number of carboxylic acid groups (broad SMARTS) is 1. The average molecular weight is 521 g/mol. The molecule has 0 bridgehead atoms. The first-order valence-electron chi connectivity index (χ1n) is 9.73. The summed E-state index contributed by atoms with van der Waals surface area (Å²) in [6.07, 6.45) is 1.70. The van der Waals surface area contributed by atoms with Gasteiger partial charge in [-0.1, -0.05) is 15.9 Å². The van der Waals surface area contributed by atoms with Crippen molar-refractivity contribution in [3.8, 4) is 17.2 Å². The number of rotatable bonds is 9. The molecule has 1 aliphatic heterocycles. The summed E-state index contributed by atoms with van der Waals surface area (Å²) in [5.41, 5.74) is 1.37. The zero-order chi connectivity index (χ0) is 23.1. The SMILES string of the molecule is CCOc1ccc(N=C2NC(=O)C(=Cc3cc(OCC)c(OCC(=O)O)cc3Br)S2)cc1. The minimum Gasteiger partial charge on any atom is -0.494 e. The van der Waals surface area contributed by atoms with Crippen LogP contribution in [0.4, 0.5) is 5.69 Å². The third kappa shape index (κ3) is 6.27. The first-order valence-corrected chi connectivity index (χ1v) is 11.3. The van der Waals surface area contributed by atoms with Crippen LogP contribution in [0.2, 0.25) is 0 Å². The van der Waals surface area contributed by atoms with E-state index in [1.165, 1.54) is 11.8 Å². The summed E-state index contributed by atoms with van der Waals surface area (Å²) < 4.78 is 16.9. The maximum atomic E-state index is 12.4. The maximum absolute atomic E-state index is 12.4. The fraction of sp³-hybridized carbons (Fsp3) is 0.227. The lowest BCUT2D eigenvalue weighted by molar-refractivity contribution is -0.139. The van der Waals surface area contributed by atoms with E-state index in [1.54, 1.807) is 18.2 Å². The van der Waals surface area contributed by atoms with Crippen molar-refractivity contribution in [1.29, 1.82) is 0 Å². The predicted molar refractivity (Wildman–Crippen MR) is 127 cm³/mol. The van der Waals surface area contributed by atoms with Crippen molar-refractivity contribution in [3.63, 3.8) is 0 Å². The van der Waals surface area contributed by atoms with E-state index >= 15 is 0 Å². The Morgan fingerprint density at radius 2 is 1.81 bits per heavy atom. The molecule has 0 radical (unpaired) electrons. The van der Waals surface area contributed by atoms with Crippen LogP contribution in [0.3, 0.4) is 0 Å². The Kier molecular flexibility index (Phi) is 8.18. The molecule has 32 heavy (non-hydrogen) atoms. The van der Waals surface area contributed by atoms with Crippen molar-refractivity contribution in [2.24, 2.45) is 4.99 Å². The zero-order valence-electron chi connectivity index (χ0n) is 17.4. The quantitative estimate of drug-likeness (QED) is 0.465. The molecule has 2 N–H and O–H groups in total. The molecule has 3 rings (SSSR count). The Morgan fingerprint density at radius 3 is 2.47 bits per heavy atom. The third-order valence-electron chi connectivity index (χ3n) is 4.03. The molecule has 8 nitrogen and oxygen atoms in total. The molecular weight excluding hydrogens is 500 g/mol. The van der Waals surface area contributed by atoms with Gasteiger partial charge in [0.15, 0.2) is 23.3 Å². The van der Waals surface area contributed by atoms with Gasteiger partial charge in [-0.3, -0.25) is 4.79 Å². The van der Waals surface area contributed by atoms with E-state index in [1.807, 2.05) is 38.1 Å². The summed E-state index contributed by atoms with van der Waals surface area (Å²) in [7, 11) is 0. The highest BCUT2D eigenvalue weighted by atomic mass is 79.9. The van der Waals surface area contributed by atoms with Gasteiger partial charge in [0.25, 0.3) is 5.91 Å². The van der Waals surface area contributed by atoms with E-state index in [-0.39, 0.29) is 5.91 Å². The van der Waals surface area contributed by atoms with E-state index in [2.05, 4.69) is 26.2 Å². The van der Waals surface area contributed by atoms with Crippen LogP contribution in [0, 0.1) is 0 Å². The van der Waals surface area contributed by atoms with Gasteiger partial charge in [-0.15, -0.1) is 0 Å². The normalized spacial score (nSPS) is 15.7. The predicted octanol–water partition coefficient (Wildman–Crippen LogP) is 4.60. The summed E-state index contributed by atoms with van der Waals surface area (Å²) >= 11 is 4.66. The molecule has 0 unspecified atom stereocenters. The molecule has 0 saturated carbocycles. The molecule has 2 aromatic rings. The number of hydrogen-bond donors (Lipinski definition) is 2. The topological polar surface area (TPSA) is 106 Å². The first-order chi connectivity index (χ1) is 15.4. The van der Waals surface area contributed by atoms with Gasteiger partial charge in [0.2, 0.25) is 0 Å². The van der Waals surface area contributed by atoms with Gasteiger partial charge in [0.05, 0.1) is 23.8 Å². The Hall–Kier alpha value is -2.98. The summed E-state index contributed by atoms with van der Waals surface area (Å²) in [4.78, 5) is 28.2. The molecular formula is C22H21BrN2O6S. The number of aliphatic imine (C=N–C) groups is 1. The van der Waals surface area contributed by atoms with Crippen molar-refractivity contribution in [3.05, 3.63) is 51.3 Å². The maximum Gasteiger partial charge on any atom is 0.341 e. The molecule has 1 aliphatic rings. The van der Waals surface area contributed by atoms with Gasteiger partial charge in [-0.05, 0) is 73.6 Å². The average Bonchev–Trinajstić information content (AvgIpc) is 3.09. The van der Waals surface area contributed by atoms with E-state index in [4.69, 9.17) is 19.3 Å². The Bertz CT molecular complexity index is 1070. The van der Waals surface area contributed by atoms with Crippen LogP contribution in [0.5, 0.6) is 17.2 Å². The summed E-state index contributed by atoms with van der Waals surface area (Å²) in [5, 5.41) is 12.1. The Balaban J connectivity index is 1.82. The third-order valence-corrected chi connectivity index (χ3v) is 5.63. The monoisotopic (exact) mass is 520 g/mol. The number of carboxylic acids is 1. The molecule has 2 aromatic carbocycles. The number of carbonyl (C=O) groups excluding carboxylic acids is 1. The highest BCUT2D eigenvalue weighted by Crippen LogP contribution is 2.37. The van der Waals surface area contributed by atoms with Crippen molar-refractivity contribution >= 4 is 56.5 Å². The van der Waals surface area contributed by atoms with Gasteiger partial charge < -0.3 is 24.6 Å². The number of nitrogens with one attached hydrogen (secondary N) is 1. The lowest BCUT2D eigenvalue weighted by atomic mass is 10.2. The number of carbonyl (C=O) groups is 2. The molecule has 1 heterocycles. The van der Waals surface area contributed by atoms with Crippen molar-refractivity contribution in [1.82, 2.24) is 5.32 Å². The molecule has 1 saturated heterocycles. The minimum atomic E-state index is -1.09. The lowest BCUT2D eigenvalue weighted by Gasteiger charge is -2.13. The number of amides is 1. The largest absolute Gasteiger partial charge is 0.494 e. The summed E-state index contributed by atoms with van der Waals surface area (Å²) in [6, 6.07) is 10.6. The van der Waals surface area contributed by atoms with Gasteiger partial charge in [0.1, 0.15) is 5.75 Å². The Morgan fingerprint density at radius 1 is 1.12 bits per heavy atom. The second-order valence-corrected chi connectivity index (χ2v) is 8.23. The standard InChI is InChI=1S/C22H21BrN2O6S/c1-3-29-15-7-5-14(6-8-15)24-22-25-21(28)19(32-22)10-13-9-17(30-4-2)18(11-16(13)23)31-12-20(26)27/h5-11H,3-4,12H2,1-2H3,(H,26,27)(H,24,25,28). The first kappa shape index (κ1) is 23.7. The molecule has 0 aliphatic carbocycles. The van der Waals surface area contributed by atoms with Gasteiger partial charge in [0, 0.05) is 4.47 Å². The smallest absolute Gasteiger partial charge is 0.341 e. The van der Waals surface area contributed by atoms with Gasteiger partial charge in [-0.2, -0.15) is 0 Å². The number of thioether (sulfide) groups is 1. The second kappa shape index (κ2) is 11.1. The lowest BCUT2D eigenvalue weighted by Crippen LogP contribution is -2.19. The van der Waals surface area contributed by atoms with Gasteiger partial charge in [-0.25, -0.2) is 9.79 Å². The number of halogens is 1. The van der Waals surface area contributed by atoms with E-state index < -0.39 is 12.6 Å². The van der Waals surface area contributed by atoms with Crippen molar-refractivity contribution < 1.29 is 28.9 Å². The number of ether oxygens (including phenoxy) is 3. The zero-order valence-corrected chi connectivity index (χ0v) is 19.8. The Labute approximate surface area is 197 Å². The van der Waals surface area contributed by atoms with Crippen LogP contribution in [-0.2, 0) is 9.59 Å². The number of aliphatic carboxylic acids is 1. The van der Waals surface area contributed by atoms with Crippen LogP contribution in [0.15, 0.2) is 50.8 Å². The fourth-order valence-corrected chi connectivity index (χ4v) is 3.97. The van der Waals surface area contributed by atoms with Crippen molar-refractivity contribution in [2.75, 3.05) is 19.8 Å². The molecule has 10 heteroatoms. The molecule has 0 aromatic heterocycles. The van der Waals surface area contributed by atoms with E-state index in [0.29, 0.717) is 50.5 Å². The summed E-state index contributed by atoms with van der Waals surface area (Å²) in [6.45, 7) is 4.19. The number of benzene rings is 2. The molecule has 0 spiro atoms. The highest BCUT2D eigenvalue weighted by Gasteiger charge is 2.24. The molecule has 1 fully saturated rings. The van der Waals surface area contributed by atoms with Crippen LogP contribution >= 0.6 is 27.7 Å². The number of amidine groups is 1. The van der Waals surface area contributed by atoms with Crippen molar-refractivity contribution in [2.45, 2.75) is 13.8 Å². The van der Waals surface area contributed by atoms with Crippen LogP contribution in [0.1, 0.15) is 19.4 Å². The minimum absolute atomic E-state index is 0.268. The number of nitrogens with zero attached hydrogens (tertiary/aromatic N) is 1. The fourth-order valence-electron chi connectivity index (χ4n) is 2.70. The van der Waals surface area contributed by atoms with Gasteiger partial charge >= 0.3 is 5.97 Å². The number of hydrogen-bond acceptors (Lipinski definition) is 7. The van der Waals surface area contributed by atoms with Crippen LogP contribution in [-0.4, -0.2) is 42.0 Å². The molecule has 0 atom stereocenters. The second-order valence-electron chi connectivity index (χ2n) is 6.34. The van der Waals surface area contributed by atoms with Crippen LogP contribution < -0.4 is 19.5 Å². The highest BCUT2D eigenvalue weighted by molar-refractivity contribution is 9.10. The van der Waals surface area contributed by atoms with E-state index in [0.717, 1.165) is 5.75 Å². The summed E-state index contributed by atoms with van der Waals surface area (Å²) in [5.74, 6) is 0.0785.